The van der Waals surface area contributed by atoms with Crippen molar-refractivity contribution in [3.05, 3.63) is 34.7 Å². The van der Waals surface area contributed by atoms with E-state index in [1.165, 1.54) is 10.4 Å². The fourth-order valence-corrected chi connectivity index (χ4v) is 5.40. The molecule has 4 nitrogen and oxygen atoms in total. The fraction of sp³-hybridized carbons (Fsp3) is 0.654. The van der Waals surface area contributed by atoms with Gasteiger partial charge in [-0.15, -0.1) is 0 Å². The number of amidine groups is 1. The number of nitrogens with zero attached hydrogens (tertiary/aromatic N) is 2. The van der Waals surface area contributed by atoms with Gasteiger partial charge in [0.2, 0.25) is 0 Å². The summed E-state index contributed by atoms with van der Waals surface area (Å²) in [4.78, 5) is 7.08. The summed E-state index contributed by atoms with van der Waals surface area (Å²) in [7, 11) is 3.67. The second-order valence-electron chi connectivity index (χ2n) is 9.52. The molecule has 3 unspecified atom stereocenters. The smallest absolute Gasteiger partial charge is 0.197 e. The molecule has 0 amide bonds. The first-order valence-electron chi connectivity index (χ1n) is 11.3. The van der Waals surface area contributed by atoms with Gasteiger partial charge in [0.05, 0.1) is 5.41 Å². The van der Waals surface area contributed by atoms with E-state index in [-0.39, 0.29) is 17.9 Å². The lowest BCUT2D eigenvalue weighted by Gasteiger charge is -2.35. The van der Waals surface area contributed by atoms with Crippen molar-refractivity contribution in [1.29, 1.82) is 0 Å². The van der Waals surface area contributed by atoms with Gasteiger partial charge in [-0.2, -0.15) is 0 Å². The zero-order chi connectivity index (χ0) is 22.9. The molecule has 0 saturated heterocycles. The molecule has 4 heteroatoms. The van der Waals surface area contributed by atoms with Crippen LogP contribution >= 0.6 is 0 Å². The normalized spacial score (nSPS) is 31.6. The predicted molar refractivity (Wildman–Crippen MR) is 128 cm³/mol. The number of aliphatic hydroxyl groups is 1. The second-order valence-corrected chi connectivity index (χ2v) is 9.52. The Balaban J connectivity index is 2.65. The third-order valence-corrected chi connectivity index (χ3v) is 7.40. The van der Waals surface area contributed by atoms with Crippen LogP contribution < -0.4 is 10.4 Å². The van der Waals surface area contributed by atoms with Crippen LogP contribution in [-0.4, -0.2) is 47.4 Å². The van der Waals surface area contributed by atoms with E-state index in [9.17, 15) is 5.11 Å². The quantitative estimate of drug-likeness (QED) is 0.419. The molecule has 0 heterocycles. The zero-order valence-corrected chi connectivity index (χ0v) is 20.7. The highest BCUT2D eigenvalue weighted by atomic mass is 16.6. The van der Waals surface area contributed by atoms with Crippen molar-refractivity contribution in [1.82, 2.24) is 4.90 Å². The van der Waals surface area contributed by atoms with E-state index in [2.05, 4.69) is 104 Å². The maximum absolute atomic E-state index is 11.8. The number of benzene rings is 1. The van der Waals surface area contributed by atoms with Crippen LogP contribution in [0.1, 0.15) is 61.8 Å². The summed E-state index contributed by atoms with van der Waals surface area (Å²) in [6, 6.07) is 8.60. The Labute approximate surface area is 183 Å². The van der Waals surface area contributed by atoms with Crippen molar-refractivity contribution in [2.24, 2.45) is 22.2 Å². The number of rotatable bonds is 7. The molecule has 1 fully saturated rings. The highest BCUT2D eigenvalue weighted by Crippen LogP contribution is 2.72. The lowest BCUT2D eigenvalue weighted by molar-refractivity contribution is -0.149. The molecule has 30 heavy (non-hydrogen) atoms. The lowest BCUT2D eigenvalue weighted by atomic mass is 9.82. The molecule has 1 aromatic carbocycles. The Morgan fingerprint density at radius 2 is 1.73 bits per heavy atom. The first kappa shape index (κ1) is 24.6. The molecule has 0 bridgehead atoms. The number of aliphatic imine (C=N–C) groups is 1. The summed E-state index contributed by atoms with van der Waals surface area (Å²) in [6.45, 7) is 17.0. The Kier molecular flexibility index (Phi) is 7.25. The van der Waals surface area contributed by atoms with Crippen LogP contribution in [0, 0.1) is 17.3 Å². The molecule has 1 saturated carbocycles. The van der Waals surface area contributed by atoms with Gasteiger partial charge in [0.1, 0.15) is 11.4 Å². The van der Waals surface area contributed by atoms with Crippen LogP contribution in [0.5, 0.6) is 0 Å². The minimum absolute atomic E-state index is 0.128. The Morgan fingerprint density at radius 3 is 2.17 bits per heavy atom. The van der Waals surface area contributed by atoms with Gasteiger partial charge >= 0.3 is 0 Å². The summed E-state index contributed by atoms with van der Waals surface area (Å²) < 4.78 is 5.84. The molecule has 0 aliphatic heterocycles. The van der Waals surface area contributed by atoms with Crippen LogP contribution in [0.25, 0.3) is 12.2 Å². The van der Waals surface area contributed by atoms with Gasteiger partial charge in [-0.3, -0.25) is 4.99 Å². The van der Waals surface area contributed by atoms with Crippen LogP contribution in [0.3, 0.4) is 0 Å². The van der Waals surface area contributed by atoms with E-state index in [1.807, 2.05) is 0 Å². The predicted octanol–water partition coefficient (Wildman–Crippen LogP) is 3.80. The van der Waals surface area contributed by atoms with E-state index in [0.717, 1.165) is 12.3 Å². The zero-order valence-electron chi connectivity index (χ0n) is 20.7. The van der Waals surface area contributed by atoms with Gasteiger partial charge in [0, 0.05) is 26.1 Å². The molecule has 1 aromatic rings. The van der Waals surface area contributed by atoms with Crippen molar-refractivity contribution < 1.29 is 9.84 Å². The third kappa shape index (κ3) is 3.52. The van der Waals surface area contributed by atoms with Crippen LogP contribution in [0.2, 0.25) is 0 Å². The average molecular weight is 415 g/mol. The summed E-state index contributed by atoms with van der Waals surface area (Å²) in [5.74, 6) is 0.107. The molecule has 4 atom stereocenters. The van der Waals surface area contributed by atoms with Crippen molar-refractivity contribution in [2.45, 2.75) is 79.2 Å². The summed E-state index contributed by atoms with van der Waals surface area (Å²) in [5.41, 5.74) is -1.10. The molecule has 1 aliphatic rings. The number of methoxy groups -OCH3 is 1. The molecular weight excluding hydrogens is 372 g/mol. The molecule has 2 rings (SSSR count). The average Bonchev–Trinajstić information content (AvgIpc) is 3.12. The molecule has 1 aliphatic carbocycles. The van der Waals surface area contributed by atoms with Gasteiger partial charge in [0.25, 0.3) is 0 Å². The number of ether oxygens (including phenoxy) is 1. The maximum atomic E-state index is 11.8. The maximum Gasteiger partial charge on any atom is 0.197 e. The van der Waals surface area contributed by atoms with Crippen LogP contribution in [-0.2, 0) is 4.74 Å². The number of likely N-dealkylation sites (N-methyl/N-ethyl adjacent to an activating group) is 1. The number of hydrogen-bond donors (Lipinski definition) is 1. The van der Waals surface area contributed by atoms with Gasteiger partial charge in [-0.1, -0.05) is 64.1 Å². The summed E-state index contributed by atoms with van der Waals surface area (Å²) >= 11 is 0. The molecule has 168 valence electrons. The summed E-state index contributed by atoms with van der Waals surface area (Å²) in [5, 5.41) is 14.2. The van der Waals surface area contributed by atoms with Gasteiger partial charge in [-0.05, 0) is 50.5 Å². The Bertz CT molecular complexity index is 891. The van der Waals surface area contributed by atoms with Crippen molar-refractivity contribution in [3.8, 4) is 0 Å². The first-order valence-corrected chi connectivity index (χ1v) is 11.3. The van der Waals surface area contributed by atoms with E-state index in [4.69, 9.17) is 9.73 Å². The summed E-state index contributed by atoms with van der Waals surface area (Å²) in [6.07, 6.45) is 5.35. The van der Waals surface area contributed by atoms with Gasteiger partial charge in [-0.25, -0.2) is 0 Å². The van der Waals surface area contributed by atoms with Crippen LogP contribution in [0.4, 0.5) is 0 Å². The standard InChI is InChI=1S/C26H42N2O2/c1-11-20-15-13-14-16-21(20)17-22(12-2)24(7)25(8,26(24,29)30-10)28(9)23(18(3)4)27-19(5)6/h11,13-19,22,29H,12H2,1-10H3/b20-11-,21-17-,27-23-/t22-,24?,25?,26?/m0/s1. The van der Waals surface area contributed by atoms with Gasteiger partial charge < -0.3 is 14.7 Å². The fourth-order valence-electron chi connectivity index (χ4n) is 5.40. The van der Waals surface area contributed by atoms with Crippen molar-refractivity contribution >= 4 is 18.0 Å². The molecule has 0 radical (unpaired) electrons. The SMILES string of the molecule is C/C=c1/cccc/c1=C/[C@H](CC)C1(C)C(O)(OC)C1(C)N(C)/C(=N\C(C)C)C(C)C. The molecule has 0 aromatic heterocycles. The van der Waals surface area contributed by atoms with E-state index >= 15 is 0 Å². The highest BCUT2D eigenvalue weighted by molar-refractivity contribution is 5.86. The molecular formula is C26H42N2O2. The van der Waals surface area contributed by atoms with Crippen molar-refractivity contribution in [3.63, 3.8) is 0 Å². The topological polar surface area (TPSA) is 45.1 Å². The lowest BCUT2D eigenvalue weighted by Crippen LogP contribution is -2.47. The Hall–Kier alpha value is -1.65. The van der Waals surface area contributed by atoms with Crippen molar-refractivity contribution in [2.75, 3.05) is 14.2 Å². The minimum Gasteiger partial charge on any atom is -0.363 e. The highest BCUT2D eigenvalue weighted by Gasteiger charge is 2.87. The first-order chi connectivity index (χ1) is 14.0. The van der Waals surface area contributed by atoms with E-state index in [0.29, 0.717) is 0 Å². The third-order valence-electron chi connectivity index (χ3n) is 7.40. The Morgan fingerprint density at radius 1 is 1.17 bits per heavy atom. The van der Waals surface area contributed by atoms with E-state index < -0.39 is 16.7 Å². The van der Waals surface area contributed by atoms with Crippen LogP contribution in [0.15, 0.2) is 29.3 Å². The second kappa shape index (κ2) is 8.84. The minimum atomic E-state index is -1.27. The van der Waals surface area contributed by atoms with E-state index in [1.54, 1.807) is 7.11 Å². The largest absolute Gasteiger partial charge is 0.363 e. The number of hydrogen-bond acceptors (Lipinski definition) is 3. The van der Waals surface area contributed by atoms with Gasteiger partial charge in [0.15, 0.2) is 5.79 Å². The monoisotopic (exact) mass is 414 g/mol. The molecule has 0 spiro atoms. The molecule has 1 N–H and O–H groups in total.